The van der Waals surface area contributed by atoms with Crippen LogP contribution in [0.15, 0.2) is 242 Å². The van der Waals surface area contributed by atoms with Crippen LogP contribution in [0, 0.1) is 17.7 Å². The molecule has 1 atom stereocenters. The van der Waals surface area contributed by atoms with Crippen LogP contribution in [0.2, 0.25) is 0 Å². The molecule has 5 heteroatoms. The highest BCUT2D eigenvalue weighted by atomic mass is 15.0. The van der Waals surface area contributed by atoms with Crippen molar-refractivity contribution in [3.05, 3.63) is 276 Å². The number of aliphatic imine (C=N–C) groups is 1. The average molecular weight is 898 g/mol. The van der Waals surface area contributed by atoms with Crippen molar-refractivity contribution in [1.29, 1.82) is 10.8 Å². The van der Waals surface area contributed by atoms with Crippen LogP contribution in [0.3, 0.4) is 0 Å². The summed E-state index contributed by atoms with van der Waals surface area (Å²) in [5.74, 6) is 0.223. The molecule has 0 bridgehead atoms. The Kier molecular flexibility index (Phi) is 10.3. The second-order valence-electron chi connectivity index (χ2n) is 17.9. The summed E-state index contributed by atoms with van der Waals surface area (Å²) < 4.78 is 4.85. The topological polar surface area (TPSA) is 69.9 Å². The number of para-hydroxylation sites is 5. The Morgan fingerprint density at radius 1 is 0.486 bits per heavy atom. The molecule has 0 amide bonds. The minimum atomic E-state index is -0.546. The van der Waals surface area contributed by atoms with E-state index in [4.69, 9.17) is 10.8 Å². The molecule has 1 aliphatic carbocycles. The molecule has 0 saturated carbocycles. The second kappa shape index (κ2) is 17.2. The highest BCUT2D eigenvalue weighted by Gasteiger charge is 2.51. The average Bonchev–Trinajstić information content (AvgIpc) is 4.05. The Balaban J connectivity index is 0.000000252. The molecule has 14 rings (SSSR count). The van der Waals surface area contributed by atoms with E-state index in [1.54, 1.807) is 0 Å². The molecule has 10 aromatic carbocycles. The minimum absolute atomic E-state index is 0.223. The lowest BCUT2D eigenvalue weighted by molar-refractivity contribution is 0.748. The molecule has 0 saturated heterocycles. The van der Waals surface area contributed by atoms with Gasteiger partial charge in [0, 0.05) is 44.6 Å². The Morgan fingerprint density at radius 3 is 1.76 bits per heavy atom. The van der Waals surface area contributed by atoms with Gasteiger partial charge in [0.05, 0.1) is 33.2 Å². The molecule has 12 aromatic rings. The van der Waals surface area contributed by atoms with E-state index in [0.717, 1.165) is 22.4 Å². The fraction of sp³-hybridized carbons (Fsp3) is 0.0308. The van der Waals surface area contributed by atoms with Gasteiger partial charge >= 0.3 is 0 Å². The van der Waals surface area contributed by atoms with Crippen molar-refractivity contribution in [1.82, 2.24) is 9.13 Å². The monoisotopic (exact) mass is 897 g/mol. The molecule has 0 radical (unpaired) electrons. The molecule has 1 unspecified atom stereocenters. The lowest BCUT2D eigenvalue weighted by Gasteiger charge is -2.39. The van der Waals surface area contributed by atoms with Crippen molar-refractivity contribution in [2.24, 2.45) is 4.99 Å². The fourth-order valence-corrected chi connectivity index (χ4v) is 11.2. The van der Waals surface area contributed by atoms with Crippen LogP contribution >= 0.6 is 0 Å². The van der Waals surface area contributed by atoms with Crippen LogP contribution in [-0.4, -0.2) is 27.9 Å². The molecule has 1 aliphatic heterocycles. The first kappa shape index (κ1) is 42.2. The number of aromatic nitrogens is 2. The maximum absolute atomic E-state index is 8.63. The van der Waals surface area contributed by atoms with E-state index < -0.39 is 5.41 Å². The third-order valence-electron chi connectivity index (χ3n) is 14.2. The van der Waals surface area contributed by atoms with Crippen molar-refractivity contribution in [3.8, 4) is 33.6 Å². The smallest absolute Gasteiger partial charge is 0.151 e. The molecular weight excluding hydrogens is 851 g/mol. The maximum Gasteiger partial charge on any atom is 0.151 e. The first-order valence-corrected chi connectivity index (χ1v) is 23.6. The summed E-state index contributed by atoms with van der Waals surface area (Å²) in [6, 6.07) is 84.1. The van der Waals surface area contributed by atoms with Gasteiger partial charge in [-0.3, -0.25) is 5.41 Å². The Hall–Kier alpha value is -9.19. The van der Waals surface area contributed by atoms with Crippen LogP contribution in [0.1, 0.15) is 38.9 Å². The summed E-state index contributed by atoms with van der Waals surface area (Å²) >= 11 is 0. The number of nitrogens with one attached hydrogen (secondary N) is 2. The number of benzene rings is 10. The number of fused-ring (bicyclic) bond motifs is 15. The first-order chi connectivity index (χ1) is 34.5. The number of hydrogen-bond acceptors (Lipinski definition) is 2. The van der Waals surface area contributed by atoms with Gasteiger partial charge in [-0.25, -0.2) is 4.99 Å². The number of rotatable bonds is 4. The van der Waals surface area contributed by atoms with Crippen LogP contribution in [0.25, 0.3) is 77.2 Å². The van der Waals surface area contributed by atoms with Crippen LogP contribution in [0.5, 0.6) is 0 Å². The summed E-state index contributed by atoms with van der Waals surface area (Å²) in [5.41, 5.74) is 19.5. The predicted octanol–water partition coefficient (Wildman–Crippen LogP) is 15.9. The van der Waals surface area contributed by atoms with Gasteiger partial charge < -0.3 is 14.5 Å². The maximum atomic E-state index is 8.63. The SMILES string of the molecule is C=NC(=N)c1ccccc1.Cc1ccccc1.N=Cc1cccc2c1-c1cc(-c3ccc4c(c3)c3ccccc3n4-c3ccccc3)ccc1C21c2ccccc2-n2c3ccccc3c3cccc1c32. The molecule has 332 valence electrons. The van der Waals surface area contributed by atoms with E-state index in [-0.39, 0.29) is 5.84 Å². The van der Waals surface area contributed by atoms with Gasteiger partial charge in [0.25, 0.3) is 0 Å². The highest BCUT2D eigenvalue weighted by molar-refractivity contribution is 6.14. The number of nitrogens with zero attached hydrogens (tertiary/aromatic N) is 3. The number of aryl methyl sites for hydroxylation is 1. The van der Waals surface area contributed by atoms with E-state index >= 15 is 0 Å². The first-order valence-electron chi connectivity index (χ1n) is 23.6. The van der Waals surface area contributed by atoms with Crippen molar-refractivity contribution in [2.45, 2.75) is 12.3 Å². The zero-order chi connectivity index (χ0) is 47.3. The highest BCUT2D eigenvalue weighted by Crippen LogP contribution is 2.62. The third kappa shape index (κ3) is 6.51. The lowest BCUT2D eigenvalue weighted by Crippen LogP contribution is -2.33. The summed E-state index contributed by atoms with van der Waals surface area (Å²) in [6.07, 6.45) is 1.53. The van der Waals surface area contributed by atoms with Crippen molar-refractivity contribution in [2.75, 3.05) is 0 Å². The molecule has 2 aliphatic rings. The summed E-state index contributed by atoms with van der Waals surface area (Å²) in [7, 11) is 0. The van der Waals surface area contributed by atoms with E-state index in [2.05, 4.69) is 216 Å². The van der Waals surface area contributed by atoms with Crippen LogP contribution < -0.4 is 0 Å². The molecule has 70 heavy (non-hydrogen) atoms. The van der Waals surface area contributed by atoms with Gasteiger partial charge in [0.1, 0.15) is 0 Å². The van der Waals surface area contributed by atoms with Gasteiger partial charge in [0.2, 0.25) is 0 Å². The number of amidine groups is 1. The molecule has 3 heterocycles. The zero-order valence-electron chi connectivity index (χ0n) is 38.6. The van der Waals surface area contributed by atoms with Gasteiger partial charge in [-0.2, -0.15) is 0 Å². The Morgan fingerprint density at radius 2 is 1.04 bits per heavy atom. The molecule has 5 nitrogen and oxygen atoms in total. The molecule has 0 fully saturated rings. The predicted molar refractivity (Wildman–Crippen MR) is 293 cm³/mol. The van der Waals surface area contributed by atoms with Gasteiger partial charge in [-0.15, -0.1) is 0 Å². The Bertz CT molecular complexity index is 4010. The molecule has 2 aromatic heterocycles. The third-order valence-corrected chi connectivity index (χ3v) is 14.2. The zero-order valence-corrected chi connectivity index (χ0v) is 38.6. The minimum Gasteiger partial charge on any atom is -0.309 e. The quantitative estimate of drug-likeness (QED) is 0.131. The molecule has 2 N–H and O–H groups in total. The van der Waals surface area contributed by atoms with Crippen LogP contribution in [-0.2, 0) is 5.41 Å². The largest absolute Gasteiger partial charge is 0.309 e. The Labute approximate surface area is 406 Å². The van der Waals surface area contributed by atoms with Gasteiger partial charge in [-0.1, -0.05) is 194 Å². The normalized spacial score (nSPS) is 13.7. The van der Waals surface area contributed by atoms with Gasteiger partial charge in [0.15, 0.2) is 5.84 Å². The summed E-state index contributed by atoms with van der Waals surface area (Å²) in [6.45, 7) is 5.35. The van der Waals surface area contributed by atoms with Crippen LogP contribution in [0.4, 0.5) is 0 Å². The van der Waals surface area contributed by atoms with Crippen molar-refractivity contribution >= 4 is 62.4 Å². The summed E-state index contributed by atoms with van der Waals surface area (Å²) in [5, 5.41) is 20.9. The van der Waals surface area contributed by atoms with Gasteiger partial charge in [-0.05, 0) is 107 Å². The number of hydrogen-bond donors (Lipinski definition) is 2. The van der Waals surface area contributed by atoms with E-state index in [0.29, 0.717) is 0 Å². The fourth-order valence-electron chi connectivity index (χ4n) is 11.2. The second-order valence-corrected chi connectivity index (χ2v) is 17.9. The van der Waals surface area contributed by atoms with E-state index in [1.807, 2.05) is 48.5 Å². The summed E-state index contributed by atoms with van der Waals surface area (Å²) in [4.78, 5) is 3.49. The lowest BCUT2D eigenvalue weighted by atomic mass is 9.65. The van der Waals surface area contributed by atoms with Crippen molar-refractivity contribution < 1.29 is 0 Å². The molecule has 1 spiro atoms. The standard InChI is InChI=1S/C50H31N3.C8H8N2.C7H8/c51-30-33-12-10-19-42-48(33)39-29-31(32-25-27-46-38(28-32)36-16-5-7-21-44(36)52(46)34-13-2-1-3-14-34)24-26-40(39)50(42)41-18-6-9-23-47(41)53-45-22-8-4-15-35(45)37-17-11-20-43(50)49(37)53;1-10-8(9)7-5-3-2-4-6-7;1-7-5-3-2-4-6-7/h1-30,51H;2-6,9H,1H2;2-6H,1H3. The molecular formula is C65H47N5. The van der Waals surface area contributed by atoms with E-state index in [9.17, 15) is 0 Å². The van der Waals surface area contributed by atoms with E-state index in [1.165, 1.54) is 100 Å². The van der Waals surface area contributed by atoms with Crippen molar-refractivity contribution in [3.63, 3.8) is 0 Å².